The molecule has 7 heteroatoms. The van der Waals surface area contributed by atoms with Crippen LogP contribution in [0.2, 0.25) is 0 Å². The minimum Gasteiger partial charge on any atom is -0.394 e. The molecule has 0 bridgehead atoms. The number of ether oxygens (including phenoxy) is 1. The zero-order valence-corrected chi connectivity index (χ0v) is 8.19. The third-order valence-electron chi connectivity index (χ3n) is 2.61. The molecule has 0 radical (unpaired) electrons. The highest BCUT2D eigenvalue weighted by Crippen LogP contribution is 2.37. The van der Waals surface area contributed by atoms with Crippen molar-refractivity contribution in [3.63, 3.8) is 0 Å². The van der Waals surface area contributed by atoms with Crippen LogP contribution in [-0.4, -0.2) is 54.5 Å². The quantitative estimate of drug-likeness (QED) is 0.542. The Morgan fingerprint density at radius 2 is 2.33 bits per heavy atom. The van der Waals surface area contributed by atoms with Crippen LogP contribution in [0.4, 0.5) is 0 Å². The van der Waals surface area contributed by atoms with Gasteiger partial charge in [-0.05, 0) is 6.92 Å². The maximum absolute atomic E-state index is 10.0. The first-order chi connectivity index (χ1) is 7.07. The Bertz CT molecular complexity index is 327. The van der Waals surface area contributed by atoms with E-state index in [0.29, 0.717) is 0 Å². The van der Waals surface area contributed by atoms with Crippen LogP contribution in [0.3, 0.4) is 0 Å². The lowest BCUT2D eigenvalue weighted by Gasteiger charge is -2.25. The molecule has 4 atom stereocenters. The van der Waals surface area contributed by atoms with Gasteiger partial charge in [0.05, 0.1) is 6.61 Å². The van der Waals surface area contributed by atoms with Crippen LogP contribution in [0.25, 0.3) is 0 Å². The van der Waals surface area contributed by atoms with Gasteiger partial charge in [0, 0.05) is 0 Å². The highest BCUT2D eigenvalue weighted by Gasteiger charge is 2.53. The third-order valence-corrected chi connectivity index (χ3v) is 2.61. The van der Waals surface area contributed by atoms with Crippen LogP contribution in [0, 0.1) is 0 Å². The summed E-state index contributed by atoms with van der Waals surface area (Å²) in [7, 11) is 0. The van der Waals surface area contributed by atoms with E-state index in [-0.39, 0.29) is 6.61 Å². The molecule has 0 spiro atoms. The monoisotopic (exact) mass is 215 g/mol. The van der Waals surface area contributed by atoms with E-state index in [2.05, 4.69) is 10.1 Å². The van der Waals surface area contributed by atoms with Crippen molar-refractivity contribution in [1.82, 2.24) is 14.8 Å². The number of aromatic nitrogens is 3. The zero-order chi connectivity index (χ0) is 11.1. The molecule has 0 unspecified atom stereocenters. The van der Waals surface area contributed by atoms with Gasteiger partial charge in [0.2, 0.25) is 0 Å². The smallest absolute Gasteiger partial charge is 0.183 e. The molecule has 2 heterocycles. The molecular formula is C8H13N3O4. The molecular weight excluding hydrogens is 202 g/mol. The molecule has 0 amide bonds. The first kappa shape index (κ1) is 10.5. The molecule has 0 aliphatic carbocycles. The summed E-state index contributed by atoms with van der Waals surface area (Å²) < 4.78 is 6.60. The fourth-order valence-electron chi connectivity index (χ4n) is 1.71. The summed E-state index contributed by atoms with van der Waals surface area (Å²) in [5.74, 6) is 0. The fourth-order valence-corrected chi connectivity index (χ4v) is 1.71. The summed E-state index contributed by atoms with van der Waals surface area (Å²) >= 11 is 0. The average Bonchev–Trinajstić information content (AvgIpc) is 2.76. The first-order valence-corrected chi connectivity index (χ1v) is 4.58. The maximum atomic E-state index is 10.0. The van der Waals surface area contributed by atoms with Crippen molar-refractivity contribution in [2.45, 2.75) is 31.0 Å². The van der Waals surface area contributed by atoms with Crippen molar-refractivity contribution in [1.29, 1.82) is 0 Å². The van der Waals surface area contributed by atoms with E-state index >= 15 is 0 Å². The standard InChI is InChI=1S/C8H13N3O4/c1-8(14)6(13)5(2-12)15-7(8)11-4-9-3-10-11/h3-7,12-14H,2H2,1H3/t5-,6-,7-,8+/m1/s1. The molecule has 7 nitrogen and oxygen atoms in total. The van der Waals surface area contributed by atoms with Gasteiger partial charge in [0.15, 0.2) is 6.23 Å². The van der Waals surface area contributed by atoms with Gasteiger partial charge in [-0.2, -0.15) is 5.10 Å². The summed E-state index contributed by atoms with van der Waals surface area (Å²) in [6.45, 7) is 1.07. The van der Waals surface area contributed by atoms with Crippen molar-refractivity contribution in [2.75, 3.05) is 6.61 Å². The number of nitrogens with zero attached hydrogens (tertiary/aromatic N) is 3. The van der Waals surface area contributed by atoms with Crippen molar-refractivity contribution in [3.05, 3.63) is 12.7 Å². The van der Waals surface area contributed by atoms with E-state index < -0.39 is 24.0 Å². The SMILES string of the molecule is C[C@]1(O)[C@H](O)[C@@H](CO)O[C@H]1n1cncn1. The predicted octanol–water partition coefficient (Wildman–Crippen LogP) is -1.72. The van der Waals surface area contributed by atoms with E-state index in [1.165, 1.54) is 24.3 Å². The molecule has 2 rings (SSSR count). The Morgan fingerprint density at radius 3 is 2.80 bits per heavy atom. The molecule has 3 N–H and O–H groups in total. The summed E-state index contributed by atoms with van der Waals surface area (Å²) in [6, 6.07) is 0. The van der Waals surface area contributed by atoms with Crippen LogP contribution in [0.1, 0.15) is 13.2 Å². The number of aliphatic hydroxyl groups is 3. The van der Waals surface area contributed by atoms with Crippen LogP contribution in [0.5, 0.6) is 0 Å². The minimum atomic E-state index is -1.50. The van der Waals surface area contributed by atoms with E-state index in [1.54, 1.807) is 0 Å². The Hall–Kier alpha value is -1.02. The Morgan fingerprint density at radius 1 is 1.60 bits per heavy atom. The third kappa shape index (κ3) is 1.53. The zero-order valence-electron chi connectivity index (χ0n) is 8.19. The largest absolute Gasteiger partial charge is 0.394 e. The van der Waals surface area contributed by atoms with Gasteiger partial charge in [0.1, 0.15) is 30.5 Å². The second kappa shape index (κ2) is 3.53. The van der Waals surface area contributed by atoms with Crippen LogP contribution in [-0.2, 0) is 4.74 Å². The first-order valence-electron chi connectivity index (χ1n) is 4.58. The lowest BCUT2D eigenvalue weighted by molar-refractivity contribution is -0.102. The number of aliphatic hydroxyl groups excluding tert-OH is 2. The predicted molar refractivity (Wildman–Crippen MR) is 47.6 cm³/mol. The van der Waals surface area contributed by atoms with Crippen molar-refractivity contribution >= 4 is 0 Å². The summed E-state index contributed by atoms with van der Waals surface area (Å²) in [4.78, 5) is 3.72. The van der Waals surface area contributed by atoms with Crippen molar-refractivity contribution in [2.24, 2.45) is 0 Å². The van der Waals surface area contributed by atoms with E-state index in [1.807, 2.05) is 0 Å². The molecule has 1 fully saturated rings. The average molecular weight is 215 g/mol. The fraction of sp³-hybridized carbons (Fsp3) is 0.750. The van der Waals surface area contributed by atoms with Crippen LogP contribution < -0.4 is 0 Å². The molecule has 84 valence electrons. The molecule has 1 aromatic rings. The molecule has 1 aliphatic heterocycles. The Kier molecular flexibility index (Phi) is 2.47. The van der Waals surface area contributed by atoms with Gasteiger partial charge in [-0.3, -0.25) is 0 Å². The lowest BCUT2D eigenvalue weighted by Crippen LogP contribution is -2.44. The van der Waals surface area contributed by atoms with E-state index in [9.17, 15) is 10.2 Å². The maximum Gasteiger partial charge on any atom is 0.183 e. The molecule has 0 saturated carbocycles. The van der Waals surface area contributed by atoms with E-state index in [0.717, 1.165) is 0 Å². The second-order valence-corrected chi connectivity index (χ2v) is 3.76. The molecule has 1 saturated heterocycles. The van der Waals surface area contributed by atoms with Gasteiger partial charge < -0.3 is 20.1 Å². The van der Waals surface area contributed by atoms with Crippen LogP contribution >= 0.6 is 0 Å². The second-order valence-electron chi connectivity index (χ2n) is 3.76. The number of hydrogen-bond donors (Lipinski definition) is 3. The lowest BCUT2D eigenvalue weighted by atomic mass is 9.97. The molecule has 1 aliphatic rings. The normalized spacial score (nSPS) is 40.9. The molecule has 15 heavy (non-hydrogen) atoms. The molecule has 0 aromatic carbocycles. The number of rotatable bonds is 2. The Labute approximate surface area is 85.9 Å². The summed E-state index contributed by atoms with van der Waals surface area (Å²) in [5.41, 5.74) is -1.50. The summed E-state index contributed by atoms with van der Waals surface area (Å²) in [5, 5.41) is 32.5. The highest BCUT2D eigenvalue weighted by molar-refractivity contribution is 4.98. The van der Waals surface area contributed by atoms with E-state index in [4.69, 9.17) is 9.84 Å². The Balaban J connectivity index is 2.27. The van der Waals surface area contributed by atoms with Crippen molar-refractivity contribution in [3.8, 4) is 0 Å². The minimum absolute atomic E-state index is 0.359. The summed E-state index contributed by atoms with van der Waals surface area (Å²) in [6.07, 6.45) is -0.123. The topological polar surface area (TPSA) is 101 Å². The van der Waals surface area contributed by atoms with Gasteiger partial charge >= 0.3 is 0 Å². The van der Waals surface area contributed by atoms with Gasteiger partial charge in [-0.1, -0.05) is 0 Å². The van der Waals surface area contributed by atoms with Crippen molar-refractivity contribution < 1.29 is 20.1 Å². The number of hydrogen-bond acceptors (Lipinski definition) is 6. The van der Waals surface area contributed by atoms with Gasteiger partial charge in [0.25, 0.3) is 0 Å². The molecule has 1 aromatic heterocycles. The highest BCUT2D eigenvalue weighted by atomic mass is 16.6. The van der Waals surface area contributed by atoms with Crippen LogP contribution in [0.15, 0.2) is 12.7 Å². The van der Waals surface area contributed by atoms with Gasteiger partial charge in [-0.15, -0.1) is 0 Å². The van der Waals surface area contributed by atoms with Gasteiger partial charge in [-0.25, -0.2) is 9.67 Å².